The third-order valence-corrected chi connectivity index (χ3v) is 3.04. The van der Waals surface area contributed by atoms with Gasteiger partial charge in [-0.1, -0.05) is 31.5 Å². The van der Waals surface area contributed by atoms with Crippen molar-refractivity contribution in [2.45, 2.75) is 58.7 Å². The maximum Gasteiger partial charge on any atom is 0.237 e. The van der Waals surface area contributed by atoms with Crippen LogP contribution in [-0.2, 0) is 4.79 Å². The predicted octanol–water partition coefficient (Wildman–Crippen LogP) is 2.78. The van der Waals surface area contributed by atoms with Gasteiger partial charge in [-0.3, -0.25) is 4.79 Å². The smallest absolute Gasteiger partial charge is 0.237 e. The first kappa shape index (κ1) is 16.5. The first-order chi connectivity index (χ1) is 9.45. The summed E-state index contributed by atoms with van der Waals surface area (Å²) in [7, 11) is 0. The van der Waals surface area contributed by atoms with Gasteiger partial charge in [-0.15, -0.1) is 0 Å². The molecule has 0 fully saturated rings. The van der Waals surface area contributed by atoms with Crippen LogP contribution in [-0.4, -0.2) is 18.1 Å². The Morgan fingerprint density at radius 3 is 2.55 bits per heavy atom. The van der Waals surface area contributed by atoms with Gasteiger partial charge in [0.05, 0.1) is 18.2 Å². The number of benzene rings is 1. The van der Waals surface area contributed by atoms with Crippen molar-refractivity contribution in [1.29, 1.82) is 0 Å². The molecule has 0 aromatic heterocycles. The molecule has 0 aliphatic rings. The third kappa shape index (κ3) is 4.85. The summed E-state index contributed by atoms with van der Waals surface area (Å²) in [6.07, 6.45) is 1.69. The molecule has 20 heavy (non-hydrogen) atoms. The number of carbonyl (C=O) groups excluding carboxylic acids is 1. The van der Waals surface area contributed by atoms with Gasteiger partial charge in [0.1, 0.15) is 5.75 Å². The highest BCUT2D eigenvalue weighted by atomic mass is 16.5. The number of nitrogens with two attached hydrogens (primary N) is 1. The molecule has 1 aromatic rings. The van der Waals surface area contributed by atoms with Gasteiger partial charge in [0.25, 0.3) is 0 Å². The van der Waals surface area contributed by atoms with Crippen LogP contribution in [0.1, 0.15) is 52.1 Å². The Hall–Kier alpha value is -1.55. The Bertz CT molecular complexity index is 432. The van der Waals surface area contributed by atoms with E-state index in [1.807, 2.05) is 52.0 Å². The van der Waals surface area contributed by atoms with E-state index < -0.39 is 6.04 Å². The molecule has 112 valence electrons. The Labute approximate surface area is 121 Å². The molecule has 0 heterocycles. The first-order valence-corrected chi connectivity index (χ1v) is 7.27. The number of nitrogens with one attached hydrogen (secondary N) is 1. The topological polar surface area (TPSA) is 64.4 Å². The van der Waals surface area contributed by atoms with Crippen LogP contribution in [0.3, 0.4) is 0 Å². The molecule has 4 nitrogen and oxygen atoms in total. The second-order valence-electron chi connectivity index (χ2n) is 5.33. The van der Waals surface area contributed by atoms with Crippen LogP contribution in [0.5, 0.6) is 5.75 Å². The van der Waals surface area contributed by atoms with Crippen molar-refractivity contribution < 1.29 is 9.53 Å². The van der Waals surface area contributed by atoms with E-state index in [1.165, 1.54) is 0 Å². The van der Waals surface area contributed by atoms with Crippen molar-refractivity contribution in [3.8, 4) is 5.75 Å². The number of rotatable bonds is 7. The molecule has 0 spiro atoms. The summed E-state index contributed by atoms with van der Waals surface area (Å²) in [4.78, 5) is 12.0. The van der Waals surface area contributed by atoms with Crippen LogP contribution < -0.4 is 15.8 Å². The van der Waals surface area contributed by atoms with Crippen LogP contribution in [0.2, 0.25) is 0 Å². The molecule has 4 heteroatoms. The predicted molar refractivity (Wildman–Crippen MR) is 81.6 cm³/mol. The van der Waals surface area contributed by atoms with Crippen LogP contribution >= 0.6 is 0 Å². The summed E-state index contributed by atoms with van der Waals surface area (Å²) < 4.78 is 5.77. The van der Waals surface area contributed by atoms with E-state index in [0.29, 0.717) is 6.42 Å². The minimum absolute atomic E-state index is 0.0985. The van der Waals surface area contributed by atoms with Gasteiger partial charge >= 0.3 is 0 Å². The Morgan fingerprint density at radius 1 is 1.30 bits per heavy atom. The lowest BCUT2D eigenvalue weighted by atomic mass is 10.1. The van der Waals surface area contributed by atoms with Crippen molar-refractivity contribution in [3.63, 3.8) is 0 Å². The van der Waals surface area contributed by atoms with Crippen molar-refractivity contribution in [3.05, 3.63) is 29.8 Å². The second kappa shape index (κ2) is 7.90. The highest BCUT2D eigenvalue weighted by Crippen LogP contribution is 2.25. The summed E-state index contributed by atoms with van der Waals surface area (Å²) in [5.74, 6) is 0.693. The summed E-state index contributed by atoms with van der Waals surface area (Å²) >= 11 is 0. The van der Waals surface area contributed by atoms with Crippen LogP contribution in [0.25, 0.3) is 0 Å². The molecular formula is C16H26N2O2. The minimum atomic E-state index is -0.444. The van der Waals surface area contributed by atoms with Crippen molar-refractivity contribution in [2.24, 2.45) is 5.73 Å². The number of para-hydroxylation sites is 1. The average molecular weight is 278 g/mol. The summed E-state index contributed by atoms with van der Waals surface area (Å²) in [5, 5.41) is 2.95. The van der Waals surface area contributed by atoms with E-state index in [0.717, 1.165) is 17.7 Å². The number of carbonyl (C=O) groups is 1. The van der Waals surface area contributed by atoms with Crippen LogP contribution in [0, 0.1) is 0 Å². The van der Waals surface area contributed by atoms with Crippen LogP contribution in [0.4, 0.5) is 0 Å². The fourth-order valence-electron chi connectivity index (χ4n) is 2.04. The summed E-state index contributed by atoms with van der Waals surface area (Å²) in [6, 6.07) is 7.19. The van der Waals surface area contributed by atoms with E-state index in [2.05, 4.69) is 5.32 Å². The molecule has 0 aliphatic carbocycles. The molecule has 0 aliphatic heterocycles. The van der Waals surface area contributed by atoms with Gasteiger partial charge in [-0.2, -0.15) is 0 Å². The van der Waals surface area contributed by atoms with E-state index in [-0.39, 0.29) is 18.1 Å². The molecule has 0 bridgehead atoms. The average Bonchev–Trinajstić information content (AvgIpc) is 2.38. The van der Waals surface area contributed by atoms with Crippen molar-refractivity contribution >= 4 is 5.91 Å². The first-order valence-electron chi connectivity index (χ1n) is 7.27. The molecule has 0 saturated carbocycles. The lowest BCUT2D eigenvalue weighted by Gasteiger charge is -2.21. The number of hydrogen-bond acceptors (Lipinski definition) is 3. The van der Waals surface area contributed by atoms with Gasteiger partial charge in [-0.05, 0) is 33.3 Å². The lowest BCUT2D eigenvalue weighted by molar-refractivity contribution is -0.123. The normalized spacial score (nSPS) is 13.9. The van der Waals surface area contributed by atoms with E-state index >= 15 is 0 Å². The fourth-order valence-corrected chi connectivity index (χ4v) is 2.04. The maximum atomic E-state index is 12.0. The molecule has 1 aromatic carbocycles. The summed E-state index contributed by atoms with van der Waals surface area (Å²) in [5.41, 5.74) is 6.80. The lowest BCUT2D eigenvalue weighted by Crippen LogP contribution is -2.41. The van der Waals surface area contributed by atoms with Crippen molar-refractivity contribution in [2.75, 3.05) is 0 Å². The van der Waals surface area contributed by atoms with Gasteiger partial charge < -0.3 is 15.8 Å². The zero-order chi connectivity index (χ0) is 15.1. The standard InChI is InChI=1S/C16H26N2O2/c1-5-8-14(17)16(19)18-12(4)13-9-6-7-10-15(13)20-11(2)3/h6-7,9-12,14H,5,8,17H2,1-4H3,(H,18,19). The van der Waals surface area contributed by atoms with Crippen molar-refractivity contribution in [1.82, 2.24) is 5.32 Å². The van der Waals surface area contributed by atoms with Gasteiger partial charge in [0.15, 0.2) is 0 Å². The van der Waals surface area contributed by atoms with E-state index in [4.69, 9.17) is 10.5 Å². The number of hydrogen-bond donors (Lipinski definition) is 2. The molecule has 3 N–H and O–H groups in total. The Balaban J connectivity index is 2.76. The largest absolute Gasteiger partial charge is 0.491 e. The molecule has 1 amide bonds. The Morgan fingerprint density at radius 2 is 1.95 bits per heavy atom. The maximum absolute atomic E-state index is 12.0. The zero-order valence-corrected chi connectivity index (χ0v) is 12.8. The fraction of sp³-hybridized carbons (Fsp3) is 0.562. The van der Waals surface area contributed by atoms with Crippen LogP contribution in [0.15, 0.2) is 24.3 Å². The van der Waals surface area contributed by atoms with E-state index in [9.17, 15) is 4.79 Å². The minimum Gasteiger partial charge on any atom is -0.491 e. The molecular weight excluding hydrogens is 252 g/mol. The highest BCUT2D eigenvalue weighted by molar-refractivity contribution is 5.81. The molecule has 0 saturated heterocycles. The second-order valence-corrected chi connectivity index (χ2v) is 5.33. The quantitative estimate of drug-likeness (QED) is 0.806. The summed E-state index contributed by atoms with van der Waals surface area (Å²) in [6.45, 7) is 7.93. The molecule has 1 rings (SSSR count). The van der Waals surface area contributed by atoms with Gasteiger partial charge in [0.2, 0.25) is 5.91 Å². The van der Waals surface area contributed by atoms with Gasteiger partial charge in [0, 0.05) is 5.56 Å². The number of amides is 1. The molecule has 2 atom stereocenters. The molecule has 0 radical (unpaired) electrons. The highest BCUT2D eigenvalue weighted by Gasteiger charge is 2.18. The molecule has 2 unspecified atom stereocenters. The van der Waals surface area contributed by atoms with Gasteiger partial charge in [-0.25, -0.2) is 0 Å². The Kier molecular flexibility index (Phi) is 6.52. The number of ether oxygens (including phenoxy) is 1. The SMILES string of the molecule is CCCC(N)C(=O)NC(C)c1ccccc1OC(C)C. The zero-order valence-electron chi connectivity index (χ0n) is 12.8. The monoisotopic (exact) mass is 278 g/mol. The van der Waals surface area contributed by atoms with E-state index in [1.54, 1.807) is 0 Å². The third-order valence-electron chi connectivity index (χ3n) is 3.04.